The zero-order chi connectivity index (χ0) is 16.4. The summed E-state index contributed by atoms with van der Waals surface area (Å²) < 4.78 is 74.7. The van der Waals surface area contributed by atoms with Gasteiger partial charge in [0.2, 0.25) is 10.0 Å². The highest BCUT2D eigenvalue weighted by Crippen LogP contribution is 2.25. The van der Waals surface area contributed by atoms with Gasteiger partial charge in [-0.3, -0.25) is 0 Å². The van der Waals surface area contributed by atoms with Gasteiger partial charge in [0.1, 0.15) is 17.3 Å². The molecule has 5 nitrogen and oxygen atoms in total. The number of nitrogens with zero attached hydrogens (tertiary/aromatic N) is 1. The Bertz CT molecular complexity index is 642. The third-order valence-corrected chi connectivity index (χ3v) is 4.44. The monoisotopic (exact) mass is 329 g/mol. The molecule has 0 bridgehead atoms. The smallest absolute Gasteiger partial charge is 0.402 e. The number of benzene rings is 1. The fourth-order valence-corrected chi connectivity index (χ4v) is 3.06. The van der Waals surface area contributed by atoms with E-state index in [-0.39, 0.29) is 4.31 Å². The zero-order valence-electron chi connectivity index (χ0n) is 10.7. The number of sulfonamides is 1. The quantitative estimate of drug-likeness (QED) is 0.840. The fourth-order valence-electron chi connectivity index (χ4n) is 1.54. The molecule has 0 atom stereocenters. The molecular formula is C11H11F4NO4S. The highest BCUT2D eigenvalue weighted by atomic mass is 32.2. The Morgan fingerprint density at radius 2 is 1.90 bits per heavy atom. The summed E-state index contributed by atoms with van der Waals surface area (Å²) in [5.41, 5.74) is -0.543. The molecule has 0 fully saturated rings. The van der Waals surface area contributed by atoms with E-state index in [2.05, 4.69) is 0 Å². The second-order valence-electron chi connectivity index (χ2n) is 4.00. The van der Waals surface area contributed by atoms with Crippen molar-refractivity contribution in [1.29, 1.82) is 0 Å². The highest BCUT2D eigenvalue weighted by Gasteiger charge is 2.37. The summed E-state index contributed by atoms with van der Waals surface area (Å²) in [6, 6.07) is 1.89. The van der Waals surface area contributed by atoms with Gasteiger partial charge in [-0.25, -0.2) is 17.6 Å². The molecule has 1 aromatic rings. The average molecular weight is 329 g/mol. The number of hydrogen-bond acceptors (Lipinski definition) is 3. The lowest BCUT2D eigenvalue weighted by Crippen LogP contribution is -2.39. The lowest BCUT2D eigenvalue weighted by Gasteiger charge is -2.22. The number of carboxylic acids is 1. The molecule has 0 spiro atoms. The molecule has 0 radical (unpaired) electrons. The molecule has 0 amide bonds. The van der Waals surface area contributed by atoms with Crippen molar-refractivity contribution < 1.29 is 35.9 Å². The summed E-state index contributed by atoms with van der Waals surface area (Å²) in [4.78, 5) is 9.65. The van der Waals surface area contributed by atoms with Gasteiger partial charge in [0, 0.05) is 6.54 Å². The van der Waals surface area contributed by atoms with Crippen LogP contribution < -0.4 is 0 Å². The summed E-state index contributed by atoms with van der Waals surface area (Å²) in [5, 5.41) is 8.74. The van der Waals surface area contributed by atoms with Crippen LogP contribution in [0.4, 0.5) is 17.6 Å². The van der Waals surface area contributed by atoms with Gasteiger partial charge in [0.05, 0.1) is 5.56 Å². The molecule has 0 saturated heterocycles. The maximum absolute atomic E-state index is 13.6. The number of hydrogen-bond donors (Lipinski definition) is 1. The van der Waals surface area contributed by atoms with E-state index in [4.69, 9.17) is 5.11 Å². The maximum Gasteiger partial charge on any atom is 0.402 e. The van der Waals surface area contributed by atoms with Crippen molar-refractivity contribution in [1.82, 2.24) is 4.31 Å². The summed E-state index contributed by atoms with van der Waals surface area (Å²) >= 11 is 0. The Hall–Kier alpha value is -1.68. The first-order valence-electron chi connectivity index (χ1n) is 5.58. The first kappa shape index (κ1) is 17.4. The van der Waals surface area contributed by atoms with Gasteiger partial charge in [-0.05, 0) is 18.2 Å². The average Bonchev–Trinajstić information content (AvgIpc) is 2.34. The van der Waals surface area contributed by atoms with Gasteiger partial charge in [-0.1, -0.05) is 6.92 Å². The number of alkyl halides is 3. The van der Waals surface area contributed by atoms with Gasteiger partial charge in [-0.2, -0.15) is 17.5 Å². The molecule has 0 aliphatic rings. The predicted octanol–water partition coefficient (Wildman–Crippen LogP) is 2.10. The van der Waals surface area contributed by atoms with E-state index in [0.29, 0.717) is 12.1 Å². The number of aromatic carboxylic acids is 1. The number of carbonyl (C=O) groups is 1. The van der Waals surface area contributed by atoms with Crippen LogP contribution >= 0.6 is 0 Å². The minimum atomic E-state index is -4.80. The Morgan fingerprint density at radius 1 is 1.33 bits per heavy atom. The van der Waals surface area contributed by atoms with Crippen molar-refractivity contribution in [3.8, 4) is 0 Å². The van der Waals surface area contributed by atoms with E-state index in [1.807, 2.05) is 0 Å². The van der Waals surface area contributed by atoms with Crippen LogP contribution in [0.5, 0.6) is 0 Å². The third-order valence-electron chi connectivity index (χ3n) is 2.50. The molecule has 1 rings (SSSR count). The van der Waals surface area contributed by atoms with E-state index < -0.39 is 51.5 Å². The van der Waals surface area contributed by atoms with Crippen molar-refractivity contribution in [2.75, 3.05) is 13.1 Å². The Kier molecular flexibility index (Phi) is 4.95. The second kappa shape index (κ2) is 5.98. The first-order chi connectivity index (χ1) is 9.49. The van der Waals surface area contributed by atoms with Crippen LogP contribution in [0.15, 0.2) is 23.1 Å². The van der Waals surface area contributed by atoms with E-state index >= 15 is 0 Å². The van der Waals surface area contributed by atoms with Crippen molar-refractivity contribution in [2.45, 2.75) is 18.0 Å². The molecule has 1 aromatic carbocycles. The van der Waals surface area contributed by atoms with E-state index in [0.717, 1.165) is 13.0 Å². The minimum Gasteiger partial charge on any atom is -0.478 e. The van der Waals surface area contributed by atoms with Gasteiger partial charge in [-0.15, -0.1) is 0 Å². The molecular weight excluding hydrogens is 318 g/mol. The molecule has 118 valence electrons. The number of carboxylic acid groups (broad SMARTS) is 1. The first-order valence-corrected chi connectivity index (χ1v) is 7.02. The largest absolute Gasteiger partial charge is 0.478 e. The second-order valence-corrected chi connectivity index (χ2v) is 5.90. The topological polar surface area (TPSA) is 74.7 Å². The van der Waals surface area contributed by atoms with Crippen molar-refractivity contribution in [3.05, 3.63) is 29.6 Å². The van der Waals surface area contributed by atoms with Crippen LogP contribution in [0.2, 0.25) is 0 Å². The Morgan fingerprint density at radius 3 is 2.33 bits per heavy atom. The van der Waals surface area contributed by atoms with Crippen molar-refractivity contribution in [3.63, 3.8) is 0 Å². The Balaban J connectivity index is 3.35. The van der Waals surface area contributed by atoms with E-state index in [1.54, 1.807) is 0 Å². The zero-order valence-corrected chi connectivity index (χ0v) is 11.5. The highest BCUT2D eigenvalue weighted by molar-refractivity contribution is 7.89. The molecule has 10 heteroatoms. The van der Waals surface area contributed by atoms with Gasteiger partial charge < -0.3 is 5.11 Å². The van der Waals surface area contributed by atoms with E-state index in [1.165, 1.54) is 0 Å². The van der Waals surface area contributed by atoms with Gasteiger partial charge in [0.15, 0.2) is 0 Å². The minimum absolute atomic E-state index is 0.0248. The van der Waals surface area contributed by atoms with Crippen molar-refractivity contribution >= 4 is 16.0 Å². The maximum atomic E-state index is 13.6. The van der Waals surface area contributed by atoms with Crippen LogP contribution in [-0.4, -0.2) is 43.1 Å². The molecule has 1 N–H and O–H groups in total. The van der Waals surface area contributed by atoms with Crippen LogP contribution in [0, 0.1) is 5.82 Å². The normalized spacial score (nSPS) is 12.7. The van der Waals surface area contributed by atoms with Gasteiger partial charge >= 0.3 is 12.1 Å². The van der Waals surface area contributed by atoms with Crippen LogP contribution in [-0.2, 0) is 10.0 Å². The van der Waals surface area contributed by atoms with E-state index in [9.17, 15) is 30.8 Å². The van der Waals surface area contributed by atoms with Crippen molar-refractivity contribution in [2.24, 2.45) is 0 Å². The van der Waals surface area contributed by atoms with Crippen LogP contribution in [0.25, 0.3) is 0 Å². The van der Waals surface area contributed by atoms with Crippen LogP contribution in [0.1, 0.15) is 17.3 Å². The molecule has 0 aliphatic carbocycles. The molecule has 0 heterocycles. The number of halogens is 4. The number of rotatable bonds is 5. The summed E-state index contributed by atoms with van der Waals surface area (Å²) in [5.74, 6) is -2.84. The molecule has 0 unspecified atom stereocenters. The van der Waals surface area contributed by atoms with Crippen LogP contribution in [0.3, 0.4) is 0 Å². The lowest BCUT2D eigenvalue weighted by molar-refractivity contribution is -0.135. The molecule has 21 heavy (non-hydrogen) atoms. The standard InChI is InChI=1S/C11H11F4NO4S/c1-2-16(6-11(13,14)15)21(19,20)9-5-7(10(17)18)3-4-8(9)12/h3-5H,2,6H2,1H3,(H,17,18). The third kappa shape index (κ3) is 4.14. The predicted molar refractivity (Wildman–Crippen MR) is 63.8 cm³/mol. The molecule has 0 aliphatic heterocycles. The SMILES string of the molecule is CCN(CC(F)(F)F)S(=O)(=O)c1cc(C(=O)O)ccc1F. The molecule has 0 saturated carbocycles. The summed E-state index contributed by atoms with van der Waals surface area (Å²) in [7, 11) is -4.80. The molecule has 0 aromatic heterocycles. The van der Waals surface area contributed by atoms with Gasteiger partial charge in [0.25, 0.3) is 0 Å². The summed E-state index contributed by atoms with van der Waals surface area (Å²) in [6.45, 7) is -1.18. The Labute approximate surface area is 117 Å². The fraction of sp³-hybridized carbons (Fsp3) is 0.364. The lowest BCUT2D eigenvalue weighted by atomic mass is 10.2. The summed E-state index contributed by atoms with van der Waals surface area (Å²) in [6.07, 6.45) is -4.80.